The number of rotatable bonds is 8. The zero-order chi connectivity index (χ0) is 10.9. The number of nitrogens with two attached hydrogens (primary N) is 1. The lowest BCUT2D eigenvalue weighted by atomic mass is 10.1. The fourth-order valence-corrected chi connectivity index (χ4v) is 1.20. The molecule has 4 N–H and O–H groups in total. The monoisotopic (exact) mass is 201 g/mol. The van der Waals surface area contributed by atoms with Crippen molar-refractivity contribution in [1.29, 1.82) is 0 Å². The summed E-state index contributed by atoms with van der Waals surface area (Å²) in [6.45, 7) is 10.7. The lowest BCUT2D eigenvalue weighted by molar-refractivity contribution is 0.418. The molecule has 0 aliphatic heterocycles. The normalized spacial score (nSPS) is 12.0. The van der Waals surface area contributed by atoms with Gasteiger partial charge in [-0.1, -0.05) is 0 Å². The highest BCUT2D eigenvalue weighted by atomic mass is 14.9. The number of nitrogens with one attached hydrogen (secondary N) is 2. The molecule has 0 fully saturated rings. The van der Waals surface area contributed by atoms with Gasteiger partial charge in [0.1, 0.15) is 0 Å². The van der Waals surface area contributed by atoms with E-state index in [-0.39, 0.29) is 5.54 Å². The Balaban J connectivity index is 2.99. The second kappa shape index (κ2) is 8.21. The Morgan fingerprint density at radius 3 is 2.14 bits per heavy atom. The van der Waals surface area contributed by atoms with Crippen LogP contribution >= 0.6 is 0 Å². The number of unbranched alkanes of at least 4 members (excludes halogenated alkanes) is 1. The zero-order valence-electron chi connectivity index (χ0n) is 10.0. The molecule has 0 aliphatic carbocycles. The first-order valence-corrected chi connectivity index (χ1v) is 5.72. The van der Waals surface area contributed by atoms with Crippen LogP contribution in [0.2, 0.25) is 0 Å². The predicted octanol–water partition coefficient (Wildman–Crippen LogP) is 1.09. The Morgan fingerprint density at radius 1 is 0.929 bits per heavy atom. The van der Waals surface area contributed by atoms with E-state index in [0.29, 0.717) is 0 Å². The quantitative estimate of drug-likeness (QED) is 0.515. The van der Waals surface area contributed by atoms with E-state index < -0.39 is 0 Å². The highest BCUT2D eigenvalue weighted by Crippen LogP contribution is 1.97. The van der Waals surface area contributed by atoms with E-state index in [1.54, 1.807) is 0 Å². The molecule has 0 rings (SSSR count). The van der Waals surface area contributed by atoms with Crippen LogP contribution in [0.4, 0.5) is 0 Å². The van der Waals surface area contributed by atoms with Crippen LogP contribution in [-0.2, 0) is 0 Å². The fraction of sp³-hybridized carbons (Fsp3) is 1.00. The summed E-state index contributed by atoms with van der Waals surface area (Å²) < 4.78 is 0. The minimum atomic E-state index is 0.250. The van der Waals surface area contributed by atoms with Gasteiger partial charge in [0.15, 0.2) is 0 Å². The summed E-state index contributed by atoms with van der Waals surface area (Å²) in [5, 5.41) is 6.87. The molecule has 0 aliphatic rings. The van der Waals surface area contributed by atoms with Gasteiger partial charge in [-0.15, -0.1) is 0 Å². The van der Waals surface area contributed by atoms with Crippen molar-refractivity contribution >= 4 is 0 Å². The standard InChI is InChI=1S/C11H27N3/c1-11(2,3)14-10-6-9-13-8-5-4-7-12/h13-14H,4-10,12H2,1-3H3. The SMILES string of the molecule is CC(C)(C)NCCCNCCCCN. The van der Waals surface area contributed by atoms with Gasteiger partial charge in [-0.3, -0.25) is 0 Å². The molecule has 0 heterocycles. The Hall–Kier alpha value is -0.120. The Morgan fingerprint density at radius 2 is 1.57 bits per heavy atom. The van der Waals surface area contributed by atoms with Crippen LogP contribution in [0.25, 0.3) is 0 Å². The largest absolute Gasteiger partial charge is 0.330 e. The molecule has 0 spiro atoms. The van der Waals surface area contributed by atoms with Crippen molar-refractivity contribution in [3.05, 3.63) is 0 Å². The van der Waals surface area contributed by atoms with Crippen LogP contribution in [0.15, 0.2) is 0 Å². The molecule has 86 valence electrons. The minimum Gasteiger partial charge on any atom is -0.330 e. The molecule has 0 amide bonds. The summed E-state index contributed by atoms with van der Waals surface area (Å²) >= 11 is 0. The van der Waals surface area contributed by atoms with Gasteiger partial charge in [0, 0.05) is 5.54 Å². The van der Waals surface area contributed by atoms with Crippen LogP contribution in [0.3, 0.4) is 0 Å². The van der Waals surface area contributed by atoms with E-state index in [2.05, 4.69) is 31.4 Å². The molecule has 0 aromatic carbocycles. The molecule has 0 unspecified atom stereocenters. The highest BCUT2D eigenvalue weighted by molar-refractivity contribution is 4.69. The molecule has 0 saturated carbocycles. The Kier molecular flexibility index (Phi) is 8.14. The maximum Gasteiger partial charge on any atom is 0.00965 e. The summed E-state index contributed by atoms with van der Waals surface area (Å²) in [6.07, 6.45) is 3.52. The summed E-state index contributed by atoms with van der Waals surface area (Å²) in [4.78, 5) is 0. The van der Waals surface area contributed by atoms with Crippen molar-refractivity contribution in [2.24, 2.45) is 5.73 Å². The average Bonchev–Trinajstić information content (AvgIpc) is 2.08. The third-order valence-corrected chi connectivity index (χ3v) is 1.99. The molecule has 3 nitrogen and oxygen atoms in total. The van der Waals surface area contributed by atoms with Crippen LogP contribution < -0.4 is 16.4 Å². The van der Waals surface area contributed by atoms with Gasteiger partial charge in [0.05, 0.1) is 0 Å². The van der Waals surface area contributed by atoms with E-state index in [1.807, 2.05) is 0 Å². The van der Waals surface area contributed by atoms with Crippen LogP contribution in [0.5, 0.6) is 0 Å². The zero-order valence-corrected chi connectivity index (χ0v) is 10.0. The summed E-state index contributed by atoms with van der Waals surface area (Å²) in [6, 6.07) is 0. The first-order chi connectivity index (χ1) is 6.56. The van der Waals surface area contributed by atoms with Gasteiger partial charge in [-0.25, -0.2) is 0 Å². The predicted molar refractivity (Wildman–Crippen MR) is 63.5 cm³/mol. The second-order valence-electron chi connectivity index (χ2n) is 4.78. The third-order valence-electron chi connectivity index (χ3n) is 1.99. The smallest absolute Gasteiger partial charge is 0.00965 e. The number of hydrogen-bond donors (Lipinski definition) is 3. The van der Waals surface area contributed by atoms with E-state index in [4.69, 9.17) is 5.73 Å². The van der Waals surface area contributed by atoms with E-state index >= 15 is 0 Å². The summed E-state index contributed by atoms with van der Waals surface area (Å²) in [5.41, 5.74) is 5.65. The lowest BCUT2D eigenvalue weighted by Crippen LogP contribution is -2.37. The van der Waals surface area contributed by atoms with E-state index in [1.165, 1.54) is 12.8 Å². The van der Waals surface area contributed by atoms with Crippen molar-refractivity contribution in [2.45, 2.75) is 45.6 Å². The van der Waals surface area contributed by atoms with Crippen molar-refractivity contribution in [3.8, 4) is 0 Å². The van der Waals surface area contributed by atoms with Crippen LogP contribution in [0.1, 0.15) is 40.0 Å². The van der Waals surface area contributed by atoms with Gasteiger partial charge in [0.2, 0.25) is 0 Å². The molecular weight excluding hydrogens is 174 g/mol. The van der Waals surface area contributed by atoms with Crippen LogP contribution in [0, 0.1) is 0 Å². The second-order valence-corrected chi connectivity index (χ2v) is 4.78. The Labute approximate surface area is 88.8 Å². The molecule has 0 aromatic rings. The van der Waals surface area contributed by atoms with Gasteiger partial charge < -0.3 is 16.4 Å². The molecule has 0 bridgehead atoms. The highest BCUT2D eigenvalue weighted by Gasteiger charge is 2.06. The maximum absolute atomic E-state index is 5.40. The number of hydrogen-bond acceptors (Lipinski definition) is 3. The molecule has 0 radical (unpaired) electrons. The maximum atomic E-state index is 5.40. The van der Waals surface area contributed by atoms with Gasteiger partial charge in [0.25, 0.3) is 0 Å². The minimum absolute atomic E-state index is 0.250. The van der Waals surface area contributed by atoms with E-state index in [9.17, 15) is 0 Å². The van der Waals surface area contributed by atoms with Crippen molar-refractivity contribution < 1.29 is 0 Å². The summed E-state index contributed by atoms with van der Waals surface area (Å²) in [7, 11) is 0. The Bertz CT molecular complexity index is 118. The van der Waals surface area contributed by atoms with Crippen molar-refractivity contribution in [1.82, 2.24) is 10.6 Å². The third kappa shape index (κ3) is 11.9. The molecule has 0 atom stereocenters. The molecule has 3 heteroatoms. The summed E-state index contributed by atoms with van der Waals surface area (Å²) in [5.74, 6) is 0. The lowest BCUT2D eigenvalue weighted by Gasteiger charge is -2.20. The first kappa shape index (κ1) is 13.9. The van der Waals surface area contributed by atoms with Crippen molar-refractivity contribution in [2.75, 3.05) is 26.2 Å². The molecule has 14 heavy (non-hydrogen) atoms. The first-order valence-electron chi connectivity index (χ1n) is 5.72. The van der Waals surface area contributed by atoms with Gasteiger partial charge in [-0.05, 0) is 66.2 Å². The van der Waals surface area contributed by atoms with Crippen LogP contribution in [-0.4, -0.2) is 31.7 Å². The van der Waals surface area contributed by atoms with Gasteiger partial charge in [-0.2, -0.15) is 0 Å². The van der Waals surface area contributed by atoms with Gasteiger partial charge >= 0.3 is 0 Å². The van der Waals surface area contributed by atoms with Crippen molar-refractivity contribution in [3.63, 3.8) is 0 Å². The molecular formula is C11H27N3. The topological polar surface area (TPSA) is 50.1 Å². The average molecular weight is 201 g/mol. The molecule has 0 saturated heterocycles. The fourth-order valence-electron chi connectivity index (χ4n) is 1.20. The van der Waals surface area contributed by atoms with E-state index in [0.717, 1.165) is 32.6 Å². The molecule has 0 aromatic heterocycles.